The molecule has 1 atom stereocenters. The second-order valence-electron chi connectivity index (χ2n) is 6.47. The van der Waals surface area contributed by atoms with Crippen LogP contribution < -0.4 is 15.1 Å². The first kappa shape index (κ1) is 16.2. The lowest BCUT2D eigenvalue weighted by Crippen LogP contribution is -2.64. The SMILES string of the molecule is CCC1CNC(CC)(CC)CN1c1cccc(N(C)C)c1. The van der Waals surface area contributed by atoms with E-state index in [1.165, 1.54) is 30.6 Å². The molecule has 3 heteroatoms. The molecule has 0 bridgehead atoms. The standard InChI is InChI=1S/C18H31N3/c1-6-15-13-19-18(7-2,8-3)14-21(15)17-11-9-10-16(12-17)20(4)5/h9-12,15,19H,6-8,13-14H2,1-5H3. The summed E-state index contributed by atoms with van der Waals surface area (Å²) in [6.07, 6.45) is 3.55. The smallest absolute Gasteiger partial charge is 0.0412 e. The van der Waals surface area contributed by atoms with Crippen molar-refractivity contribution in [3.05, 3.63) is 24.3 Å². The Morgan fingerprint density at radius 1 is 1.24 bits per heavy atom. The molecule has 21 heavy (non-hydrogen) atoms. The van der Waals surface area contributed by atoms with Crippen molar-refractivity contribution >= 4 is 11.4 Å². The molecule has 3 nitrogen and oxygen atoms in total. The molecule has 1 unspecified atom stereocenters. The van der Waals surface area contributed by atoms with E-state index in [-0.39, 0.29) is 5.54 Å². The summed E-state index contributed by atoms with van der Waals surface area (Å²) >= 11 is 0. The second kappa shape index (κ2) is 6.69. The number of anilines is 2. The van der Waals surface area contributed by atoms with Crippen LogP contribution >= 0.6 is 0 Å². The van der Waals surface area contributed by atoms with Crippen molar-refractivity contribution in [2.24, 2.45) is 0 Å². The van der Waals surface area contributed by atoms with Crippen LogP contribution in [0.4, 0.5) is 11.4 Å². The van der Waals surface area contributed by atoms with Crippen molar-refractivity contribution < 1.29 is 0 Å². The predicted octanol–water partition coefficient (Wildman–Crippen LogP) is 3.50. The van der Waals surface area contributed by atoms with E-state index in [0.717, 1.165) is 13.1 Å². The van der Waals surface area contributed by atoms with E-state index in [1.807, 2.05) is 0 Å². The Balaban J connectivity index is 2.30. The first-order valence-corrected chi connectivity index (χ1v) is 8.34. The molecule has 0 amide bonds. The summed E-state index contributed by atoms with van der Waals surface area (Å²) in [5.41, 5.74) is 2.90. The molecule has 0 saturated carbocycles. The Morgan fingerprint density at radius 3 is 2.52 bits per heavy atom. The minimum atomic E-state index is 0.264. The molecule has 2 rings (SSSR count). The van der Waals surface area contributed by atoms with Crippen LogP contribution in [0, 0.1) is 0 Å². The zero-order chi connectivity index (χ0) is 15.5. The van der Waals surface area contributed by atoms with Crippen LogP contribution in [0.15, 0.2) is 24.3 Å². The third-order valence-corrected chi connectivity index (χ3v) is 5.13. The van der Waals surface area contributed by atoms with Crippen LogP contribution in [-0.4, -0.2) is 38.8 Å². The van der Waals surface area contributed by atoms with Crippen LogP contribution in [0.25, 0.3) is 0 Å². The zero-order valence-corrected chi connectivity index (χ0v) is 14.3. The van der Waals surface area contributed by atoms with Crippen molar-refractivity contribution in [3.8, 4) is 0 Å². The molecule has 0 spiro atoms. The van der Waals surface area contributed by atoms with E-state index in [0.29, 0.717) is 6.04 Å². The first-order valence-electron chi connectivity index (χ1n) is 8.34. The van der Waals surface area contributed by atoms with Crippen LogP contribution in [0.5, 0.6) is 0 Å². The van der Waals surface area contributed by atoms with E-state index in [9.17, 15) is 0 Å². The maximum absolute atomic E-state index is 3.82. The summed E-state index contributed by atoms with van der Waals surface area (Å²) in [6, 6.07) is 9.54. The second-order valence-corrected chi connectivity index (χ2v) is 6.47. The minimum Gasteiger partial charge on any atom is -0.378 e. The van der Waals surface area contributed by atoms with E-state index >= 15 is 0 Å². The number of rotatable bonds is 5. The molecule has 1 fully saturated rings. The predicted molar refractivity (Wildman–Crippen MR) is 93.5 cm³/mol. The lowest BCUT2D eigenvalue weighted by molar-refractivity contribution is 0.246. The largest absolute Gasteiger partial charge is 0.378 e. The highest BCUT2D eigenvalue weighted by molar-refractivity contribution is 5.60. The Kier molecular flexibility index (Phi) is 5.15. The van der Waals surface area contributed by atoms with Crippen molar-refractivity contribution in [1.29, 1.82) is 0 Å². The molecule has 1 saturated heterocycles. The molecule has 0 aromatic heterocycles. The average molecular weight is 289 g/mol. The van der Waals surface area contributed by atoms with Crippen molar-refractivity contribution in [3.63, 3.8) is 0 Å². The van der Waals surface area contributed by atoms with Crippen LogP contribution in [0.2, 0.25) is 0 Å². The highest BCUT2D eigenvalue weighted by Gasteiger charge is 2.36. The van der Waals surface area contributed by atoms with E-state index in [4.69, 9.17) is 0 Å². The molecular formula is C18H31N3. The third-order valence-electron chi connectivity index (χ3n) is 5.13. The first-order chi connectivity index (χ1) is 10.0. The molecule has 0 radical (unpaired) electrons. The normalized spacial score (nSPS) is 21.4. The van der Waals surface area contributed by atoms with Gasteiger partial charge in [-0.1, -0.05) is 26.8 Å². The van der Waals surface area contributed by atoms with E-state index in [2.05, 4.69) is 74.2 Å². The maximum Gasteiger partial charge on any atom is 0.0412 e. The monoisotopic (exact) mass is 289 g/mol. The lowest BCUT2D eigenvalue weighted by Gasteiger charge is -2.48. The molecule has 1 heterocycles. The van der Waals surface area contributed by atoms with Crippen molar-refractivity contribution in [1.82, 2.24) is 5.32 Å². The number of nitrogens with zero attached hydrogens (tertiary/aromatic N) is 2. The molecular weight excluding hydrogens is 258 g/mol. The summed E-state index contributed by atoms with van der Waals surface area (Å²) < 4.78 is 0. The van der Waals surface area contributed by atoms with Gasteiger partial charge in [-0.2, -0.15) is 0 Å². The van der Waals surface area contributed by atoms with Gasteiger partial charge in [0, 0.05) is 50.1 Å². The molecule has 1 aliphatic heterocycles. The fraction of sp³-hybridized carbons (Fsp3) is 0.667. The van der Waals surface area contributed by atoms with Gasteiger partial charge in [0.25, 0.3) is 0 Å². The number of benzene rings is 1. The summed E-state index contributed by atoms with van der Waals surface area (Å²) in [5.74, 6) is 0. The number of nitrogens with one attached hydrogen (secondary N) is 1. The molecule has 1 aliphatic rings. The Bertz CT molecular complexity index is 452. The zero-order valence-electron chi connectivity index (χ0n) is 14.3. The highest BCUT2D eigenvalue weighted by Crippen LogP contribution is 2.30. The van der Waals surface area contributed by atoms with Gasteiger partial charge >= 0.3 is 0 Å². The molecule has 1 N–H and O–H groups in total. The molecule has 0 aliphatic carbocycles. The highest BCUT2D eigenvalue weighted by atomic mass is 15.3. The minimum absolute atomic E-state index is 0.264. The van der Waals surface area contributed by atoms with E-state index in [1.54, 1.807) is 0 Å². The molecule has 1 aromatic rings. The summed E-state index contributed by atoms with van der Waals surface area (Å²) in [6.45, 7) is 9.09. The van der Waals surface area contributed by atoms with Crippen molar-refractivity contribution in [2.75, 3.05) is 37.0 Å². The van der Waals surface area contributed by atoms with Crippen LogP contribution in [-0.2, 0) is 0 Å². The number of hydrogen-bond donors (Lipinski definition) is 1. The Labute approximate surface area is 130 Å². The van der Waals surface area contributed by atoms with Gasteiger partial charge < -0.3 is 15.1 Å². The van der Waals surface area contributed by atoms with Gasteiger partial charge in [-0.15, -0.1) is 0 Å². The van der Waals surface area contributed by atoms with Gasteiger partial charge in [-0.3, -0.25) is 0 Å². The maximum atomic E-state index is 3.82. The van der Waals surface area contributed by atoms with Gasteiger partial charge in [0.15, 0.2) is 0 Å². The fourth-order valence-electron chi connectivity index (χ4n) is 3.30. The van der Waals surface area contributed by atoms with E-state index < -0.39 is 0 Å². The van der Waals surface area contributed by atoms with Crippen LogP contribution in [0.1, 0.15) is 40.0 Å². The quantitative estimate of drug-likeness (QED) is 0.895. The Hall–Kier alpha value is -1.22. The van der Waals surface area contributed by atoms with Gasteiger partial charge in [0.2, 0.25) is 0 Å². The van der Waals surface area contributed by atoms with Crippen LogP contribution in [0.3, 0.4) is 0 Å². The van der Waals surface area contributed by atoms with Gasteiger partial charge in [-0.05, 0) is 37.5 Å². The number of hydrogen-bond acceptors (Lipinski definition) is 3. The topological polar surface area (TPSA) is 18.5 Å². The average Bonchev–Trinajstić information content (AvgIpc) is 2.54. The lowest BCUT2D eigenvalue weighted by atomic mass is 9.87. The molecule has 1 aromatic carbocycles. The fourth-order valence-corrected chi connectivity index (χ4v) is 3.30. The summed E-state index contributed by atoms with van der Waals surface area (Å²) in [5, 5.41) is 3.82. The number of piperazine rings is 1. The van der Waals surface area contributed by atoms with Gasteiger partial charge in [0.1, 0.15) is 0 Å². The summed E-state index contributed by atoms with van der Waals surface area (Å²) in [4.78, 5) is 4.80. The Morgan fingerprint density at radius 2 is 1.95 bits per heavy atom. The summed E-state index contributed by atoms with van der Waals surface area (Å²) in [7, 11) is 4.22. The third kappa shape index (κ3) is 3.34. The van der Waals surface area contributed by atoms with Gasteiger partial charge in [-0.25, -0.2) is 0 Å². The molecule has 118 valence electrons. The van der Waals surface area contributed by atoms with Gasteiger partial charge in [0.05, 0.1) is 0 Å². The van der Waals surface area contributed by atoms with Crippen molar-refractivity contribution in [2.45, 2.75) is 51.6 Å².